The van der Waals surface area contributed by atoms with Crippen molar-refractivity contribution in [1.29, 1.82) is 0 Å². The Hall–Kier alpha value is -2.64. The fourth-order valence-electron chi connectivity index (χ4n) is 1.45. The molecule has 0 aromatic heterocycles. The lowest BCUT2D eigenvalue weighted by Crippen LogP contribution is -2.49. The molecule has 0 saturated heterocycles. The number of nitrogens with zero attached hydrogens (tertiary/aromatic N) is 2. The van der Waals surface area contributed by atoms with E-state index in [2.05, 4.69) is 15.6 Å². The summed E-state index contributed by atoms with van der Waals surface area (Å²) in [5.41, 5.74) is 5.83. The van der Waals surface area contributed by atoms with Crippen molar-refractivity contribution in [3.05, 3.63) is 39.9 Å². The Morgan fingerprint density at radius 3 is 2.88 bits per heavy atom. The summed E-state index contributed by atoms with van der Waals surface area (Å²) in [5.74, 6) is -0.0229. The molecule has 0 bridgehead atoms. The first-order chi connectivity index (χ1) is 8.06. The third-order valence-corrected chi connectivity index (χ3v) is 2.17. The van der Waals surface area contributed by atoms with Gasteiger partial charge in [0.2, 0.25) is 0 Å². The fourth-order valence-corrected chi connectivity index (χ4v) is 1.45. The van der Waals surface area contributed by atoms with E-state index < -0.39 is 17.1 Å². The van der Waals surface area contributed by atoms with Crippen LogP contribution in [-0.4, -0.2) is 16.9 Å². The first-order valence-electron chi connectivity index (χ1n) is 4.71. The van der Waals surface area contributed by atoms with Gasteiger partial charge in [-0.25, -0.2) is 9.79 Å². The number of amides is 2. The lowest BCUT2D eigenvalue weighted by atomic mass is 10.1. The highest BCUT2D eigenvalue weighted by Crippen LogP contribution is 2.20. The summed E-state index contributed by atoms with van der Waals surface area (Å²) in [5, 5.41) is 15.4. The van der Waals surface area contributed by atoms with Crippen molar-refractivity contribution in [1.82, 2.24) is 10.6 Å². The van der Waals surface area contributed by atoms with Gasteiger partial charge in [-0.15, -0.1) is 0 Å². The van der Waals surface area contributed by atoms with Crippen LogP contribution >= 0.6 is 0 Å². The van der Waals surface area contributed by atoms with Gasteiger partial charge in [-0.05, 0) is 0 Å². The summed E-state index contributed by atoms with van der Waals surface area (Å²) in [6.45, 7) is 0. The predicted molar refractivity (Wildman–Crippen MR) is 59.1 cm³/mol. The maximum Gasteiger partial charge on any atom is 0.323 e. The van der Waals surface area contributed by atoms with Crippen LogP contribution in [0.15, 0.2) is 29.3 Å². The number of guanidine groups is 1. The number of benzene rings is 1. The first kappa shape index (κ1) is 10.9. The molecular formula is C9H9N5O3. The average Bonchev–Trinajstić information content (AvgIpc) is 2.28. The van der Waals surface area contributed by atoms with Crippen molar-refractivity contribution in [2.45, 2.75) is 6.17 Å². The fraction of sp³-hybridized carbons (Fsp3) is 0.111. The molecule has 0 fully saturated rings. The zero-order valence-corrected chi connectivity index (χ0v) is 8.58. The van der Waals surface area contributed by atoms with Crippen molar-refractivity contribution in [3.8, 4) is 0 Å². The van der Waals surface area contributed by atoms with E-state index in [-0.39, 0.29) is 11.6 Å². The molecule has 0 unspecified atom stereocenters. The topological polar surface area (TPSA) is 123 Å². The number of hydrogen-bond acceptors (Lipinski definition) is 5. The highest BCUT2D eigenvalue weighted by molar-refractivity contribution is 5.97. The van der Waals surface area contributed by atoms with E-state index in [1.807, 2.05) is 0 Å². The molecule has 88 valence electrons. The van der Waals surface area contributed by atoms with Gasteiger partial charge in [0.15, 0.2) is 12.1 Å². The van der Waals surface area contributed by atoms with Crippen LogP contribution in [0.25, 0.3) is 0 Å². The molecule has 8 heteroatoms. The number of carbonyl (C=O) groups excluding carboxylic acids is 1. The number of nitro groups is 1. The Kier molecular flexibility index (Phi) is 2.61. The molecule has 1 heterocycles. The molecule has 8 nitrogen and oxygen atoms in total. The van der Waals surface area contributed by atoms with Gasteiger partial charge in [0, 0.05) is 17.7 Å². The van der Waals surface area contributed by atoms with E-state index in [0.29, 0.717) is 5.56 Å². The quantitative estimate of drug-likeness (QED) is 0.501. The van der Waals surface area contributed by atoms with Crippen molar-refractivity contribution >= 4 is 17.7 Å². The van der Waals surface area contributed by atoms with Gasteiger partial charge < -0.3 is 11.1 Å². The maximum absolute atomic E-state index is 11.2. The van der Waals surface area contributed by atoms with E-state index >= 15 is 0 Å². The van der Waals surface area contributed by atoms with Crippen LogP contribution in [0.1, 0.15) is 11.7 Å². The second-order valence-corrected chi connectivity index (χ2v) is 3.37. The van der Waals surface area contributed by atoms with Crippen LogP contribution < -0.4 is 16.4 Å². The van der Waals surface area contributed by atoms with Crippen molar-refractivity contribution in [2.24, 2.45) is 10.7 Å². The van der Waals surface area contributed by atoms with Gasteiger partial charge in [0.25, 0.3) is 5.69 Å². The van der Waals surface area contributed by atoms with Crippen molar-refractivity contribution < 1.29 is 9.72 Å². The largest absolute Gasteiger partial charge is 0.370 e. The Bertz CT molecular complexity index is 513. The smallest absolute Gasteiger partial charge is 0.323 e. The first-order valence-corrected chi connectivity index (χ1v) is 4.71. The molecule has 0 aliphatic carbocycles. The average molecular weight is 235 g/mol. The summed E-state index contributed by atoms with van der Waals surface area (Å²) < 4.78 is 0. The maximum atomic E-state index is 11.2. The molecule has 1 aliphatic heterocycles. The standard InChI is InChI=1S/C9H9N5O3/c10-8-11-7(12-9(15)13-8)5-2-1-3-6(4-5)14(16)17/h1-4,7H,(H4,10,11,12,13,15)/t7-/m1/s1. The Balaban J connectivity index is 2.34. The monoisotopic (exact) mass is 235 g/mol. The summed E-state index contributed by atoms with van der Waals surface area (Å²) in [6.07, 6.45) is -0.705. The van der Waals surface area contributed by atoms with Crippen molar-refractivity contribution in [3.63, 3.8) is 0 Å². The number of nitrogens with two attached hydrogens (primary N) is 1. The summed E-state index contributed by atoms with van der Waals surface area (Å²) >= 11 is 0. The minimum Gasteiger partial charge on any atom is -0.370 e. The van der Waals surface area contributed by atoms with E-state index in [1.165, 1.54) is 18.2 Å². The van der Waals surface area contributed by atoms with Crippen LogP contribution in [-0.2, 0) is 0 Å². The molecular weight excluding hydrogens is 226 g/mol. The van der Waals surface area contributed by atoms with Crippen LogP contribution in [0.4, 0.5) is 10.5 Å². The van der Waals surface area contributed by atoms with E-state index in [0.717, 1.165) is 0 Å². The lowest BCUT2D eigenvalue weighted by molar-refractivity contribution is -0.384. The Labute approximate surface area is 95.7 Å². The SMILES string of the molecule is NC1=N[C@@H](c2cccc([N+](=O)[O-])c2)NC(=O)N1. The summed E-state index contributed by atoms with van der Waals surface area (Å²) in [7, 11) is 0. The molecule has 0 spiro atoms. The van der Waals surface area contributed by atoms with E-state index in [9.17, 15) is 14.9 Å². The van der Waals surface area contributed by atoms with Crippen molar-refractivity contribution in [2.75, 3.05) is 0 Å². The zero-order valence-electron chi connectivity index (χ0n) is 8.58. The minimum atomic E-state index is -0.705. The van der Waals surface area contributed by atoms with Gasteiger partial charge in [0.1, 0.15) is 0 Å². The number of aliphatic imine (C=N–C) groups is 1. The van der Waals surface area contributed by atoms with Crippen LogP contribution in [0.2, 0.25) is 0 Å². The third-order valence-electron chi connectivity index (χ3n) is 2.17. The van der Waals surface area contributed by atoms with Gasteiger partial charge >= 0.3 is 6.03 Å². The number of hydrogen-bond donors (Lipinski definition) is 3. The van der Waals surface area contributed by atoms with Crippen LogP contribution in [0.3, 0.4) is 0 Å². The number of nitro benzene ring substituents is 1. The lowest BCUT2D eigenvalue weighted by Gasteiger charge is -2.20. The van der Waals surface area contributed by atoms with Crippen LogP contribution in [0, 0.1) is 10.1 Å². The van der Waals surface area contributed by atoms with Gasteiger partial charge in [0.05, 0.1) is 4.92 Å². The second-order valence-electron chi connectivity index (χ2n) is 3.37. The molecule has 2 amide bonds. The number of rotatable bonds is 2. The minimum absolute atomic E-state index is 0.0229. The van der Waals surface area contributed by atoms with E-state index in [4.69, 9.17) is 5.73 Å². The molecule has 17 heavy (non-hydrogen) atoms. The van der Waals surface area contributed by atoms with Crippen LogP contribution in [0.5, 0.6) is 0 Å². The molecule has 1 aromatic rings. The molecule has 1 atom stereocenters. The number of carbonyl (C=O) groups is 1. The van der Waals surface area contributed by atoms with Gasteiger partial charge in [-0.1, -0.05) is 12.1 Å². The summed E-state index contributed by atoms with van der Waals surface area (Å²) in [6, 6.07) is 5.36. The molecule has 0 radical (unpaired) electrons. The Morgan fingerprint density at radius 2 is 2.24 bits per heavy atom. The highest BCUT2D eigenvalue weighted by atomic mass is 16.6. The summed E-state index contributed by atoms with van der Waals surface area (Å²) in [4.78, 5) is 25.2. The molecule has 1 aromatic carbocycles. The van der Waals surface area contributed by atoms with Gasteiger partial charge in [-0.2, -0.15) is 0 Å². The Morgan fingerprint density at radius 1 is 1.47 bits per heavy atom. The molecule has 0 saturated carbocycles. The predicted octanol–water partition coefficient (Wildman–Crippen LogP) is 0.221. The van der Waals surface area contributed by atoms with E-state index in [1.54, 1.807) is 6.07 Å². The van der Waals surface area contributed by atoms with Gasteiger partial charge in [-0.3, -0.25) is 15.4 Å². The molecule has 1 aliphatic rings. The number of urea groups is 1. The highest BCUT2D eigenvalue weighted by Gasteiger charge is 2.20. The normalized spacial score (nSPS) is 18.9. The zero-order chi connectivity index (χ0) is 12.4. The second kappa shape index (κ2) is 4.08. The number of nitrogens with one attached hydrogen (secondary N) is 2. The molecule has 4 N–H and O–H groups in total. The molecule has 2 rings (SSSR count). The third kappa shape index (κ3) is 2.30. The number of non-ortho nitro benzene ring substituents is 1.